The average Bonchev–Trinajstić information content (AvgIpc) is 2.66. The Hall–Kier alpha value is -3.41. The molecule has 1 fully saturated rings. The Bertz CT molecular complexity index is 761. The predicted molar refractivity (Wildman–Crippen MR) is 94.3 cm³/mol. The van der Waals surface area contributed by atoms with Gasteiger partial charge in [-0.3, -0.25) is 4.79 Å². The van der Waals surface area contributed by atoms with Crippen molar-refractivity contribution < 1.29 is 28.5 Å². The van der Waals surface area contributed by atoms with Gasteiger partial charge in [0.1, 0.15) is 12.5 Å². The lowest BCUT2D eigenvalue weighted by Crippen LogP contribution is -2.51. The number of rotatable bonds is 7. The molecule has 1 aromatic carbocycles. The Morgan fingerprint density at radius 1 is 1.22 bits per heavy atom. The first kappa shape index (κ1) is 19.9. The van der Waals surface area contributed by atoms with Gasteiger partial charge in [0.25, 0.3) is 0 Å². The van der Waals surface area contributed by atoms with E-state index in [4.69, 9.17) is 24.2 Å². The van der Waals surface area contributed by atoms with E-state index in [-0.39, 0.29) is 18.7 Å². The molecule has 27 heavy (non-hydrogen) atoms. The van der Waals surface area contributed by atoms with Gasteiger partial charge in [0.05, 0.1) is 39.9 Å². The van der Waals surface area contributed by atoms with Crippen LogP contribution in [0.4, 0.5) is 4.79 Å². The number of urea groups is 1. The van der Waals surface area contributed by atoms with Crippen molar-refractivity contribution in [2.45, 2.75) is 12.5 Å². The van der Waals surface area contributed by atoms with E-state index in [1.54, 1.807) is 12.1 Å². The largest absolute Gasteiger partial charge is 0.493 e. The van der Waals surface area contributed by atoms with Crippen LogP contribution < -0.4 is 24.8 Å². The maximum Gasteiger partial charge on any atom is 0.319 e. The summed E-state index contributed by atoms with van der Waals surface area (Å²) in [5.74, 6) is -0.370. The van der Waals surface area contributed by atoms with Gasteiger partial charge in [-0.05, 0) is 17.7 Å². The molecule has 0 spiro atoms. The van der Waals surface area contributed by atoms with E-state index in [2.05, 4.69) is 17.2 Å². The Balaban J connectivity index is 2.45. The molecular weight excluding hydrogens is 354 g/mol. The van der Waals surface area contributed by atoms with Crippen molar-refractivity contribution in [1.82, 2.24) is 10.6 Å². The van der Waals surface area contributed by atoms with E-state index in [1.807, 2.05) is 6.07 Å². The van der Waals surface area contributed by atoms with E-state index >= 15 is 0 Å². The summed E-state index contributed by atoms with van der Waals surface area (Å²) in [5.41, 5.74) is 0.738. The number of nitrogens with one attached hydrogen (secondary N) is 2. The third kappa shape index (κ3) is 4.23. The van der Waals surface area contributed by atoms with Crippen LogP contribution >= 0.6 is 0 Å². The van der Waals surface area contributed by atoms with Crippen molar-refractivity contribution in [3.8, 4) is 23.3 Å². The normalized spacial score (nSPS) is 18.6. The Kier molecular flexibility index (Phi) is 6.49. The highest BCUT2D eigenvalue weighted by atomic mass is 16.5. The van der Waals surface area contributed by atoms with Crippen molar-refractivity contribution in [3.63, 3.8) is 0 Å². The fourth-order valence-electron chi connectivity index (χ4n) is 2.81. The number of ether oxygens (including phenoxy) is 4. The number of carbonyl (C=O) groups is 2. The molecule has 0 aromatic heterocycles. The van der Waals surface area contributed by atoms with Crippen molar-refractivity contribution in [2.24, 2.45) is 5.92 Å². The zero-order valence-corrected chi connectivity index (χ0v) is 15.3. The highest BCUT2D eigenvalue weighted by Gasteiger charge is 2.39. The number of hydrogen-bond donors (Lipinski definition) is 2. The summed E-state index contributed by atoms with van der Waals surface area (Å²) in [6.07, 6.45) is 0.0690. The molecular formula is C18H21N3O6. The van der Waals surface area contributed by atoms with Crippen LogP contribution in [-0.4, -0.2) is 39.9 Å². The van der Waals surface area contributed by atoms with Crippen LogP contribution in [0.5, 0.6) is 17.2 Å². The van der Waals surface area contributed by atoms with Crippen molar-refractivity contribution in [2.75, 3.05) is 27.9 Å². The van der Waals surface area contributed by atoms with E-state index in [0.717, 1.165) is 0 Å². The van der Waals surface area contributed by atoms with E-state index in [1.165, 1.54) is 21.3 Å². The highest BCUT2D eigenvalue weighted by molar-refractivity contribution is 5.85. The minimum absolute atomic E-state index is 0.0466. The number of amides is 2. The minimum Gasteiger partial charge on any atom is -0.493 e. The average molecular weight is 375 g/mol. The second-order valence-electron chi connectivity index (χ2n) is 5.61. The van der Waals surface area contributed by atoms with E-state index in [9.17, 15) is 9.59 Å². The zero-order chi connectivity index (χ0) is 20.0. The molecule has 9 heteroatoms. The van der Waals surface area contributed by atoms with Gasteiger partial charge in [0, 0.05) is 5.70 Å². The molecule has 144 valence electrons. The summed E-state index contributed by atoms with van der Waals surface area (Å²) in [6.45, 7) is 3.72. The van der Waals surface area contributed by atoms with Crippen LogP contribution in [0.15, 0.2) is 24.4 Å². The fraction of sp³-hybridized carbons (Fsp3) is 0.389. The van der Waals surface area contributed by atoms with Crippen molar-refractivity contribution in [1.29, 1.82) is 5.26 Å². The lowest BCUT2D eigenvalue weighted by atomic mass is 9.88. The smallest absolute Gasteiger partial charge is 0.319 e. The van der Waals surface area contributed by atoms with Crippen LogP contribution in [0.3, 0.4) is 0 Å². The zero-order valence-electron chi connectivity index (χ0n) is 15.3. The van der Waals surface area contributed by atoms with Gasteiger partial charge in [-0.15, -0.1) is 0 Å². The molecule has 1 aromatic rings. The SMILES string of the molecule is C=C1NC(=O)N[C@@H](c2cc(OC)c(OC)c(OC)c2)[C@@H]1C(=O)OCCC#N. The second-order valence-corrected chi connectivity index (χ2v) is 5.61. The van der Waals surface area contributed by atoms with Gasteiger partial charge in [-0.2, -0.15) is 5.26 Å². The van der Waals surface area contributed by atoms with Gasteiger partial charge >= 0.3 is 12.0 Å². The predicted octanol–water partition coefficient (Wildman–Crippen LogP) is 1.65. The molecule has 2 amide bonds. The number of nitriles is 1. The molecule has 1 saturated heterocycles. The summed E-state index contributed by atoms with van der Waals surface area (Å²) in [4.78, 5) is 24.5. The molecule has 9 nitrogen and oxygen atoms in total. The quantitative estimate of drug-likeness (QED) is 0.549. The van der Waals surface area contributed by atoms with Crippen LogP contribution in [0, 0.1) is 17.2 Å². The van der Waals surface area contributed by atoms with E-state index in [0.29, 0.717) is 22.8 Å². The highest BCUT2D eigenvalue weighted by Crippen LogP contribution is 2.42. The van der Waals surface area contributed by atoms with Gasteiger partial charge in [-0.25, -0.2) is 4.79 Å². The Morgan fingerprint density at radius 3 is 2.37 bits per heavy atom. The maximum absolute atomic E-state index is 12.5. The summed E-state index contributed by atoms with van der Waals surface area (Å²) in [6, 6.07) is 3.91. The van der Waals surface area contributed by atoms with Crippen molar-refractivity contribution in [3.05, 3.63) is 30.0 Å². The molecule has 1 heterocycles. The maximum atomic E-state index is 12.5. The number of nitrogens with zero attached hydrogens (tertiary/aromatic N) is 1. The third-order valence-electron chi connectivity index (χ3n) is 4.03. The Labute approximate surface area is 156 Å². The van der Waals surface area contributed by atoms with Crippen LogP contribution in [0.25, 0.3) is 0 Å². The van der Waals surface area contributed by atoms with Crippen LogP contribution in [0.1, 0.15) is 18.0 Å². The topological polar surface area (TPSA) is 119 Å². The summed E-state index contributed by atoms with van der Waals surface area (Å²) in [5, 5.41) is 13.8. The molecule has 2 rings (SSSR count). The van der Waals surface area contributed by atoms with Crippen LogP contribution in [-0.2, 0) is 9.53 Å². The first-order valence-electron chi connectivity index (χ1n) is 8.06. The van der Waals surface area contributed by atoms with E-state index < -0.39 is 24.0 Å². The molecule has 0 saturated carbocycles. The number of hydrogen-bond acceptors (Lipinski definition) is 7. The number of methoxy groups -OCH3 is 3. The number of carbonyl (C=O) groups excluding carboxylic acids is 2. The number of benzene rings is 1. The molecule has 0 radical (unpaired) electrons. The van der Waals surface area contributed by atoms with Crippen molar-refractivity contribution >= 4 is 12.0 Å². The first-order chi connectivity index (χ1) is 13.0. The summed E-state index contributed by atoms with van der Waals surface area (Å²) in [7, 11) is 4.41. The molecule has 0 unspecified atom stereocenters. The minimum atomic E-state index is -0.899. The first-order valence-corrected chi connectivity index (χ1v) is 8.06. The fourth-order valence-corrected chi connectivity index (χ4v) is 2.81. The lowest BCUT2D eigenvalue weighted by Gasteiger charge is -2.33. The Morgan fingerprint density at radius 2 is 1.85 bits per heavy atom. The second kappa shape index (κ2) is 8.80. The van der Waals surface area contributed by atoms with Gasteiger partial charge in [-0.1, -0.05) is 6.58 Å². The molecule has 0 bridgehead atoms. The third-order valence-corrected chi connectivity index (χ3v) is 4.03. The van der Waals surface area contributed by atoms with Gasteiger partial charge in [0.15, 0.2) is 11.5 Å². The summed E-state index contributed by atoms with van der Waals surface area (Å²) < 4.78 is 21.1. The lowest BCUT2D eigenvalue weighted by molar-refractivity contribution is -0.148. The monoisotopic (exact) mass is 375 g/mol. The van der Waals surface area contributed by atoms with Gasteiger partial charge < -0.3 is 29.6 Å². The van der Waals surface area contributed by atoms with Crippen LogP contribution in [0.2, 0.25) is 0 Å². The molecule has 1 aliphatic rings. The molecule has 2 atom stereocenters. The molecule has 0 aliphatic carbocycles. The standard InChI is InChI=1S/C18H21N3O6/c1-10-14(17(22)27-7-5-6-19)15(21-18(23)20-10)11-8-12(24-2)16(26-4)13(9-11)25-3/h8-9,14-15H,1,5,7H2,2-4H3,(H2,20,21,23)/t14-,15+/m1/s1. The summed E-state index contributed by atoms with van der Waals surface area (Å²) >= 11 is 0. The number of esters is 1. The van der Waals surface area contributed by atoms with Gasteiger partial charge in [0.2, 0.25) is 5.75 Å². The molecule has 2 N–H and O–H groups in total. The molecule has 1 aliphatic heterocycles.